The van der Waals surface area contributed by atoms with Gasteiger partial charge in [0.25, 0.3) is 0 Å². The van der Waals surface area contributed by atoms with Crippen LogP contribution in [0.25, 0.3) is 0 Å². The molecule has 6 heteroatoms. The highest BCUT2D eigenvalue weighted by atomic mass is 16.5. The van der Waals surface area contributed by atoms with E-state index in [0.717, 1.165) is 13.3 Å². The van der Waals surface area contributed by atoms with Crippen LogP contribution in [0, 0.1) is 5.92 Å². The first-order chi connectivity index (χ1) is 8.65. The highest BCUT2D eigenvalue weighted by Gasteiger charge is 2.30. The number of carboxylic acid groups (broad SMARTS) is 1. The summed E-state index contributed by atoms with van der Waals surface area (Å²) in [5, 5.41) is 20.4. The molecule has 2 atom stereocenters. The number of carbonyl (C=O) groups is 2. The number of aliphatic hydroxyl groups is 1. The lowest BCUT2D eigenvalue weighted by atomic mass is 10.1. The quantitative estimate of drug-likeness (QED) is 0.578. The fourth-order valence-corrected chi connectivity index (χ4v) is 1.52. The molecular weight excluding hydrogens is 250 g/mol. The summed E-state index contributed by atoms with van der Waals surface area (Å²) in [5.74, 6) is -1.16. The maximum Gasteiger partial charge on any atom is 0.337 e. The molecule has 19 heavy (non-hydrogen) atoms. The number of ether oxygens (including phenoxy) is 1. The predicted molar refractivity (Wildman–Crippen MR) is 70.8 cm³/mol. The Hall–Kier alpha value is -1.14. The molecule has 0 aliphatic carbocycles. The molecule has 3 N–H and O–H groups in total. The second-order valence-electron chi connectivity index (χ2n) is 5.42. The predicted octanol–water partition coefficient (Wildman–Crippen LogP) is 0.779. The Balaban J connectivity index is 3.80. The van der Waals surface area contributed by atoms with E-state index in [1.54, 1.807) is 0 Å². The average molecular weight is 275 g/mol. The smallest absolute Gasteiger partial charge is 0.337 e. The molecule has 0 aromatic carbocycles. The second-order valence-corrected chi connectivity index (χ2v) is 5.42. The molecule has 0 radical (unpaired) electrons. The minimum atomic E-state index is -1.94. The first-order valence-corrected chi connectivity index (χ1v) is 6.49. The van der Waals surface area contributed by atoms with Gasteiger partial charge in [0.2, 0.25) is 5.91 Å². The Kier molecular flexibility index (Phi) is 7.63. The van der Waals surface area contributed by atoms with Crippen LogP contribution in [0.3, 0.4) is 0 Å². The molecule has 0 aliphatic heterocycles. The molecule has 2 unspecified atom stereocenters. The SMILES string of the molecule is CC(C)CC(C)OCCC(=O)NCC(C)(O)C(=O)O. The van der Waals surface area contributed by atoms with Crippen molar-refractivity contribution in [2.75, 3.05) is 13.2 Å². The van der Waals surface area contributed by atoms with E-state index in [9.17, 15) is 14.7 Å². The Bertz CT molecular complexity index is 301. The molecule has 0 fully saturated rings. The Labute approximate surface area is 114 Å². The van der Waals surface area contributed by atoms with E-state index >= 15 is 0 Å². The molecule has 0 saturated carbocycles. The Morgan fingerprint density at radius 1 is 1.32 bits per heavy atom. The molecule has 0 bridgehead atoms. The van der Waals surface area contributed by atoms with Crippen LogP contribution in [-0.4, -0.2) is 46.9 Å². The van der Waals surface area contributed by atoms with Gasteiger partial charge in [-0.05, 0) is 26.2 Å². The first kappa shape index (κ1) is 17.9. The number of hydrogen-bond acceptors (Lipinski definition) is 4. The fourth-order valence-electron chi connectivity index (χ4n) is 1.52. The van der Waals surface area contributed by atoms with E-state index in [-0.39, 0.29) is 31.6 Å². The van der Waals surface area contributed by atoms with E-state index in [0.29, 0.717) is 5.92 Å². The lowest BCUT2D eigenvalue weighted by molar-refractivity contribution is -0.156. The maximum absolute atomic E-state index is 11.4. The second kappa shape index (κ2) is 8.12. The summed E-state index contributed by atoms with van der Waals surface area (Å²) < 4.78 is 5.46. The van der Waals surface area contributed by atoms with E-state index in [4.69, 9.17) is 9.84 Å². The monoisotopic (exact) mass is 275 g/mol. The number of nitrogens with one attached hydrogen (secondary N) is 1. The molecule has 0 spiro atoms. The van der Waals surface area contributed by atoms with Gasteiger partial charge in [-0.1, -0.05) is 13.8 Å². The number of carbonyl (C=O) groups excluding carboxylic acids is 1. The van der Waals surface area contributed by atoms with Crippen LogP contribution < -0.4 is 5.32 Å². The number of rotatable bonds is 9. The number of hydrogen-bond donors (Lipinski definition) is 3. The van der Waals surface area contributed by atoms with Crippen molar-refractivity contribution in [1.82, 2.24) is 5.32 Å². The number of aliphatic carboxylic acids is 1. The van der Waals surface area contributed by atoms with Crippen molar-refractivity contribution in [3.63, 3.8) is 0 Å². The fraction of sp³-hybridized carbons (Fsp3) is 0.846. The summed E-state index contributed by atoms with van der Waals surface area (Å²) in [5.41, 5.74) is -1.94. The topological polar surface area (TPSA) is 95.9 Å². The third-order valence-corrected chi connectivity index (χ3v) is 2.63. The highest BCUT2D eigenvalue weighted by molar-refractivity contribution is 5.80. The van der Waals surface area contributed by atoms with E-state index < -0.39 is 11.6 Å². The van der Waals surface area contributed by atoms with Gasteiger partial charge in [-0.2, -0.15) is 0 Å². The minimum Gasteiger partial charge on any atom is -0.479 e. The van der Waals surface area contributed by atoms with Gasteiger partial charge in [-0.3, -0.25) is 4.79 Å². The van der Waals surface area contributed by atoms with Crippen LogP contribution in [0.4, 0.5) is 0 Å². The normalized spacial score (nSPS) is 15.9. The standard InChI is InChI=1S/C13H25NO5/c1-9(2)7-10(3)19-6-5-11(15)14-8-13(4,18)12(16)17/h9-10,18H,5-8H2,1-4H3,(H,14,15)(H,16,17). The Morgan fingerprint density at radius 3 is 2.37 bits per heavy atom. The van der Waals surface area contributed by atoms with Crippen LogP contribution in [-0.2, 0) is 14.3 Å². The van der Waals surface area contributed by atoms with Gasteiger partial charge in [-0.25, -0.2) is 4.79 Å². The van der Waals surface area contributed by atoms with Gasteiger partial charge in [0.05, 0.1) is 19.3 Å². The summed E-state index contributed by atoms with van der Waals surface area (Å²) in [4.78, 5) is 22.0. The van der Waals surface area contributed by atoms with Crippen molar-refractivity contribution < 1.29 is 24.5 Å². The van der Waals surface area contributed by atoms with Crippen LogP contribution in [0.2, 0.25) is 0 Å². The van der Waals surface area contributed by atoms with Crippen molar-refractivity contribution >= 4 is 11.9 Å². The molecule has 112 valence electrons. The largest absolute Gasteiger partial charge is 0.479 e. The van der Waals surface area contributed by atoms with Gasteiger partial charge in [-0.15, -0.1) is 0 Å². The van der Waals surface area contributed by atoms with Crippen LogP contribution in [0.1, 0.15) is 40.5 Å². The Morgan fingerprint density at radius 2 is 1.89 bits per heavy atom. The summed E-state index contributed by atoms with van der Waals surface area (Å²) in [7, 11) is 0. The molecule has 1 amide bonds. The van der Waals surface area contributed by atoms with Crippen molar-refractivity contribution in [2.45, 2.75) is 52.2 Å². The maximum atomic E-state index is 11.4. The van der Waals surface area contributed by atoms with Gasteiger partial charge in [0.15, 0.2) is 5.60 Å². The van der Waals surface area contributed by atoms with Gasteiger partial charge in [0, 0.05) is 6.42 Å². The summed E-state index contributed by atoms with van der Waals surface area (Å²) in [6, 6.07) is 0. The summed E-state index contributed by atoms with van der Waals surface area (Å²) >= 11 is 0. The molecule has 0 rings (SSSR count). The lowest BCUT2D eigenvalue weighted by Crippen LogP contribution is -2.46. The van der Waals surface area contributed by atoms with Crippen LogP contribution >= 0.6 is 0 Å². The van der Waals surface area contributed by atoms with E-state index in [2.05, 4.69) is 19.2 Å². The zero-order valence-electron chi connectivity index (χ0n) is 12.1. The van der Waals surface area contributed by atoms with E-state index in [1.165, 1.54) is 0 Å². The molecular formula is C13H25NO5. The average Bonchev–Trinajstić information content (AvgIpc) is 2.25. The van der Waals surface area contributed by atoms with Gasteiger partial charge in [0.1, 0.15) is 0 Å². The van der Waals surface area contributed by atoms with Crippen LogP contribution in [0.15, 0.2) is 0 Å². The minimum absolute atomic E-state index is 0.0925. The number of amides is 1. The van der Waals surface area contributed by atoms with Crippen LogP contribution in [0.5, 0.6) is 0 Å². The molecule has 0 aromatic heterocycles. The molecule has 0 heterocycles. The lowest BCUT2D eigenvalue weighted by Gasteiger charge is -2.18. The molecule has 6 nitrogen and oxygen atoms in total. The highest BCUT2D eigenvalue weighted by Crippen LogP contribution is 2.07. The third kappa shape index (κ3) is 8.56. The molecule has 0 aromatic rings. The van der Waals surface area contributed by atoms with Crippen molar-refractivity contribution in [1.29, 1.82) is 0 Å². The van der Waals surface area contributed by atoms with Crippen molar-refractivity contribution in [2.24, 2.45) is 5.92 Å². The molecule has 0 saturated heterocycles. The summed E-state index contributed by atoms with van der Waals surface area (Å²) in [6.45, 7) is 7.25. The first-order valence-electron chi connectivity index (χ1n) is 6.49. The zero-order valence-corrected chi connectivity index (χ0v) is 12.1. The summed E-state index contributed by atoms with van der Waals surface area (Å²) in [6.07, 6.45) is 1.17. The van der Waals surface area contributed by atoms with Gasteiger partial charge >= 0.3 is 5.97 Å². The zero-order chi connectivity index (χ0) is 15.1. The third-order valence-electron chi connectivity index (χ3n) is 2.63. The van der Waals surface area contributed by atoms with Crippen molar-refractivity contribution in [3.8, 4) is 0 Å². The van der Waals surface area contributed by atoms with E-state index in [1.807, 2.05) is 6.92 Å². The molecule has 0 aliphatic rings. The van der Waals surface area contributed by atoms with Gasteiger partial charge < -0.3 is 20.3 Å². The number of carboxylic acids is 1. The van der Waals surface area contributed by atoms with Crippen molar-refractivity contribution in [3.05, 3.63) is 0 Å².